The van der Waals surface area contributed by atoms with Gasteiger partial charge in [-0.15, -0.1) is 0 Å². The van der Waals surface area contributed by atoms with Crippen LogP contribution in [0.25, 0.3) is 0 Å². The fourth-order valence-corrected chi connectivity index (χ4v) is 3.54. The maximum Gasteiger partial charge on any atom is 0.129 e. The normalized spacial score (nSPS) is 23.8. The van der Waals surface area contributed by atoms with Gasteiger partial charge in [-0.05, 0) is 43.7 Å². The van der Waals surface area contributed by atoms with Gasteiger partial charge in [0.05, 0.1) is 0 Å². The molecule has 1 aliphatic heterocycles. The van der Waals surface area contributed by atoms with E-state index in [1.54, 1.807) is 0 Å². The van der Waals surface area contributed by atoms with E-state index in [1.165, 1.54) is 55.7 Å². The van der Waals surface area contributed by atoms with Crippen LogP contribution in [0.4, 0.5) is 5.82 Å². The Bertz CT molecular complexity index is 392. The summed E-state index contributed by atoms with van der Waals surface area (Å²) < 4.78 is 0. The Kier molecular flexibility index (Phi) is 2.88. The van der Waals surface area contributed by atoms with E-state index in [0.717, 1.165) is 5.33 Å². The molecular weight excluding hydrogens is 264 g/mol. The first-order chi connectivity index (χ1) is 7.88. The van der Waals surface area contributed by atoms with Crippen molar-refractivity contribution in [3.63, 3.8) is 0 Å². The van der Waals surface area contributed by atoms with E-state index in [4.69, 9.17) is 4.98 Å². The molecule has 2 nitrogen and oxygen atoms in total. The maximum absolute atomic E-state index is 4.84. The molecule has 0 bridgehead atoms. The van der Waals surface area contributed by atoms with Crippen LogP contribution in [0.15, 0.2) is 12.1 Å². The van der Waals surface area contributed by atoms with Gasteiger partial charge < -0.3 is 4.90 Å². The summed E-state index contributed by atoms with van der Waals surface area (Å²) in [4.78, 5) is 7.30. The van der Waals surface area contributed by atoms with Crippen LogP contribution in [0, 0.1) is 0 Å². The SMILES string of the molecule is BrCC1CCCN1c1ccc2c(n1)CCC2. The third kappa shape index (κ3) is 1.75. The van der Waals surface area contributed by atoms with Crippen LogP contribution in [0.5, 0.6) is 0 Å². The van der Waals surface area contributed by atoms with E-state index >= 15 is 0 Å². The summed E-state index contributed by atoms with van der Waals surface area (Å²) in [6, 6.07) is 5.14. The van der Waals surface area contributed by atoms with E-state index in [9.17, 15) is 0 Å². The summed E-state index contributed by atoms with van der Waals surface area (Å²) in [7, 11) is 0. The van der Waals surface area contributed by atoms with Gasteiger partial charge in [0.1, 0.15) is 5.82 Å². The predicted molar refractivity (Wildman–Crippen MR) is 70.4 cm³/mol. The summed E-state index contributed by atoms with van der Waals surface area (Å²) in [5.41, 5.74) is 2.82. The molecule has 1 unspecified atom stereocenters. The minimum absolute atomic E-state index is 0.645. The van der Waals surface area contributed by atoms with Gasteiger partial charge in [0, 0.05) is 23.6 Å². The van der Waals surface area contributed by atoms with Crippen molar-refractivity contribution in [1.82, 2.24) is 4.98 Å². The van der Waals surface area contributed by atoms with Gasteiger partial charge in [0.15, 0.2) is 0 Å². The Morgan fingerprint density at radius 1 is 1.31 bits per heavy atom. The van der Waals surface area contributed by atoms with Gasteiger partial charge in [-0.3, -0.25) is 0 Å². The standard InChI is InChI=1S/C13H17BrN2/c14-9-11-4-2-8-16(11)13-7-6-10-3-1-5-12(10)15-13/h6-7,11H,1-5,8-9H2. The molecular formula is C13H17BrN2. The van der Waals surface area contributed by atoms with Gasteiger partial charge in [-0.2, -0.15) is 0 Å². The number of hydrogen-bond acceptors (Lipinski definition) is 2. The van der Waals surface area contributed by atoms with E-state index < -0.39 is 0 Å². The summed E-state index contributed by atoms with van der Waals surface area (Å²) >= 11 is 3.61. The predicted octanol–water partition coefficient (Wildman–Crippen LogP) is 2.93. The minimum atomic E-state index is 0.645. The van der Waals surface area contributed by atoms with Crippen molar-refractivity contribution in [2.75, 3.05) is 16.8 Å². The molecule has 0 saturated carbocycles. The zero-order valence-electron chi connectivity index (χ0n) is 9.45. The lowest BCUT2D eigenvalue weighted by Crippen LogP contribution is -2.31. The lowest BCUT2D eigenvalue weighted by atomic mass is 10.2. The Balaban J connectivity index is 1.89. The summed E-state index contributed by atoms with van der Waals surface area (Å²) in [6.45, 7) is 1.17. The number of nitrogens with zero attached hydrogens (tertiary/aromatic N) is 2. The average Bonchev–Trinajstić information content (AvgIpc) is 2.96. The molecule has 1 atom stereocenters. The monoisotopic (exact) mass is 280 g/mol. The number of rotatable bonds is 2. The average molecular weight is 281 g/mol. The highest BCUT2D eigenvalue weighted by atomic mass is 79.9. The number of fused-ring (bicyclic) bond motifs is 1. The molecule has 2 heterocycles. The number of pyridine rings is 1. The quantitative estimate of drug-likeness (QED) is 0.775. The van der Waals surface area contributed by atoms with Crippen LogP contribution in [0.1, 0.15) is 30.5 Å². The largest absolute Gasteiger partial charge is 0.353 e. The van der Waals surface area contributed by atoms with Gasteiger partial charge >= 0.3 is 0 Å². The fraction of sp³-hybridized carbons (Fsp3) is 0.615. The summed E-state index contributed by atoms with van der Waals surface area (Å²) in [5, 5.41) is 1.06. The molecule has 1 aromatic heterocycles. The first-order valence-corrected chi connectivity index (χ1v) is 7.32. The number of aromatic nitrogens is 1. The third-order valence-corrected chi connectivity index (χ3v) is 4.51. The van der Waals surface area contributed by atoms with Crippen LogP contribution >= 0.6 is 15.9 Å². The van der Waals surface area contributed by atoms with Crippen molar-refractivity contribution in [3.05, 3.63) is 23.4 Å². The van der Waals surface area contributed by atoms with Crippen molar-refractivity contribution in [1.29, 1.82) is 0 Å². The zero-order chi connectivity index (χ0) is 11.0. The Morgan fingerprint density at radius 3 is 3.12 bits per heavy atom. The van der Waals surface area contributed by atoms with Crippen LogP contribution < -0.4 is 4.90 Å². The van der Waals surface area contributed by atoms with Gasteiger partial charge in [0.25, 0.3) is 0 Å². The molecule has 1 fully saturated rings. The lowest BCUT2D eigenvalue weighted by Gasteiger charge is -2.24. The molecule has 0 radical (unpaired) electrons. The number of aryl methyl sites for hydroxylation is 2. The van der Waals surface area contributed by atoms with Crippen LogP contribution in [0.2, 0.25) is 0 Å². The topological polar surface area (TPSA) is 16.1 Å². The summed E-state index contributed by atoms with van der Waals surface area (Å²) in [5.74, 6) is 1.20. The number of halogens is 1. The zero-order valence-corrected chi connectivity index (χ0v) is 11.0. The van der Waals surface area contributed by atoms with Crippen LogP contribution in [0.3, 0.4) is 0 Å². The van der Waals surface area contributed by atoms with Crippen LogP contribution in [-0.2, 0) is 12.8 Å². The Hall–Kier alpha value is -0.570. The van der Waals surface area contributed by atoms with Crippen molar-refractivity contribution >= 4 is 21.7 Å². The summed E-state index contributed by atoms with van der Waals surface area (Å²) in [6.07, 6.45) is 6.28. The van der Waals surface area contributed by atoms with Gasteiger partial charge in [-0.1, -0.05) is 22.0 Å². The van der Waals surface area contributed by atoms with Crippen molar-refractivity contribution < 1.29 is 0 Å². The molecule has 16 heavy (non-hydrogen) atoms. The molecule has 0 amide bonds. The molecule has 0 aromatic carbocycles. The second-order valence-electron chi connectivity index (χ2n) is 4.77. The van der Waals surface area contributed by atoms with Crippen molar-refractivity contribution in [3.8, 4) is 0 Å². The molecule has 2 aliphatic rings. The van der Waals surface area contributed by atoms with Gasteiger partial charge in [-0.25, -0.2) is 4.98 Å². The maximum atomic E-state index is 4.84. The molecule has 1 saturated heterocycles. The first-order valence-electron chi connectivity index (χ1n) is 6.20. The Morgan fingerprint density at radius 2 is 2.25 bits per heavy atom. The lowest BCUT2D eigenvalue weighted by molar-refractivity contribution is 0.739. The highest BCUT2D eigenvalue weighted by Crippen LogP contribution is 2.28. The first kappa shape index (κ1) is 10.6. The van der Waals surface area contributed by atoms with Gasteiger partial charge in [0.2, 0.25) is 0 Å². The van der Waals surface area contributed by atoms with E-state index in [2.05, 4.69) is 33.0 Å². The molecule has 3 rings (SSSR count). The fourth-order valence-electron chi connectivity index (χ4n) is 2.87. The number of alkyl halides is 1. The van der Waals surface area contributed by atoms with E-state index in [-0.39, 0.29) is 0 Å². The van der Waals surface area contributed by atoms with Crippen molar-refractivity contribution in [2.24, 2.45) is 0 Å². The van der Waals surface area contributed by atoms with Crippen molar-refractivity contribution in [2.45, 2.75) is 38.1 Å². The highest BCUT2D eigenvalue weighted by molar-refractivity contribution is 9.09. The molecule has 1 aliphatic carbocycles. The van der Waals surface area contributed by atoms with Crippen LogP contribution in [-0.4, -0.2) is 22.9 Å². The number of anilines is 1. The minimum Gasteiger partial charge on any atom is -0.353 e. The molecule has 3 heteroatoms. The third-order valence-electron chi connectivity index (χ3n) is 3.76. The highest BCUT2D eigenvalue weighted by Gasteiger charge is 2.25. The molecule has 86 valence electrons. The number of hydrogen-bond donors (Lipinski definition) is 0. The Labute approximate surface area is 105 Å². The second kappa shape index (κ2) is 4.36. The smallest absolute Gasteiger partial charge is 0.129 e. The molecule has 1 aromatic rings. The molecule has 0 N–H and O–H groups in total. The second-order valence-corrected chi connectivity index (χ2v) is 5.42. The van der Waals surface area contributed by atoms with E-state index in [0.29, 0.717) is 6.04 Å². The van der Waals surface area contributed by atoms with E-state index in [1.807, 2.05) is 0 Å². The molecule has 0 spiro atoms.